The number of methoxy groups -OCH3 is 1. The average Bonchev–Trinajstić information content (AvgIpc) is 3.31. The van der Waals surface area contributed by atoms with Gasteiger partial charge in [0.1, 0.15) is 5.75 Å². The second kappa shape index (κ2) is 8.87. The van der Waals surface area contributed by atoms with E-state index in [2.05, 4.69) is 9.72 Å². The van der Waals surface area contributed by atoms with Gasteiger partial charge in [-0.25, -0.2) is 4.98 Å². The van der Waals surface area contributed by atoms with Gasteiger partial charge < -0.3 is 10.1 Å². The number of nitrogens with zero attached hydrogens (tertiary/aromatic N) is 3. The first-order valence-corrected chi connectivity index (χ1v) is 10.6. The molecule has 0 unspecified atom stereocenters. The van der Waals surface area contributed by atoms with Crippen LogP contribution in [-0.2, 0) is 11.3 Å². The molecular formula is C22H21ClN4O2S. The molecule has 0 bridgehead atoms. The number of rotatable bonds is 7. The molecule has 0 saturated carbocycles. The molecular weight excluding hydrogens is 420 g/mol. The fourth-order valence-corrected chi connectivity index (χ4v) is 4.24. The standard InChI is InChI=1S/C22H21ClN4O2S/c1-26(14-20(28)24-17-12-16(23)8-9-19(17)29-2)13-18-21(15-6-4-3-5-7-15)25-22-27(18)10-11-30-22/h3-12H,13-14H2,1-2H3,(H,24,28). The van der Waals surface area contributed by atoms with Crippen molar-refractivity contribution in [3.63, 3.8) is 0 Å². The van der Waals surface area contributed by atoms with E-state index in [1.165, 1.54) is 0 Å². The van der Waals surface area contributed by atoms with Crippen molar-refractivity contribution in [1.82, 2.24) is 14.3 Å². The number of imidazole rings is 1. The zero-order valence-electron chi connectivity index (χ0n) is 16.6. The third-order valence-corrected chi connectivity index (χ3v) is 5.67. The first kappa shape index (κ1) is 20.4. The Morgan fingerprint density at radius 3 is 2.83 bits per heavy atom. The molecule has 4 aromatic rings. The Morgan fingerprint density at radius 2 is 2.07 bits per heavy atom. The number of ether oxygens (including phenoxy) is 1. The van der Waals surface area contributed by atoms with Crippen molar-refractivity contribution in [2.75, 3.05) is 26.0 Å². The zero-order chi connectivity index (χ0) is 21.1. The van der Waals surface area contributed by atoms with Gasteiger partial charge in [-0.2, -0.15) is 0 Å². The van der Waals surface area contributed by atoms with Crippen LogP contribution in [0.4, 0.5) is 5.69 Å². The average molecular weight is 441 g/mol. The lowest BCUT2D eigenvalue weighted by Gasteiger charge is -2.18. The highest BCUT2D eigenvalue weighted by atomic mass is 35.5. The van der Waals surface area contributed by atoms with Gasteiger partial charge >= 0.3 is 0 Å². The summed E-state index contributed by atoms with van der Waals surface area (Å²) in [4.78, 5) is 20.3. The Morgan fingerprint density at radius 1 is 1.27 bits per heavy atom. The Labute approximate surface area is 183 Å². The highest BCUT2D eigenvalue weighted by molar-refractivity contribution is 7.15. The van der Waals surface area contributed by atoms with E-state index in [0.29, 0.717) is 23.0 Å². The third kappa shape index (κ3) is 4.33. The van der Waals surface area contributed by atoms with Crippen LogP contribution in [-0.4, -0.2) is 40.9 Å². The highest BCUT2D eigenvalue weighted by Crippen LogP contribution is 2.29. The maximum absolute atomic E-state index is 12.6. The second-order valence-corrected chi connectivity index (χ2v) is 8.20. The summed E-state index contributed by atoms with van der Waals surface area (Å²) in [5.74, 6) is 0.419. The molecule has 0 atom stereocenters. The minimum Gasteiger partial charge on any atom is -0.495 e. The van der Waals surface area contributed by atoms with Crippen molar-refractivity contribution in [2.24, 2.45) is 0 Å². The molecule has 0 fully saturated rings. The first-order chi connectivity index (χ1) is 14.5. The number of carbonyl (C=O) groups is 1. The molecule has 2 heterocycles. The van der Waals surface area contributed by atoms with Gasteiger partial charge in [0.25, 0.3) is 0 Å². The SMILES string of the molecule is COc1ccc(Cl)cc1NC(=O)CN(C)Cc1c(-c2ccccc2)nc2sccn12. The fourth-order valence-electron chi connectivity index (χ4n) is 3.34. The highest BCUT2D eigenvalue weighted by Gasteiger charge is 2.18. The number of carbonyl (C=O) groups excluding carboxylic acids is 1. The van der Waals surface area contributed by atoms with Crippen LogP contribution in [0, 0.1) is 0 Å². The van der Waals surface area contributed by atoms with Crippen molar-refractivity contribution in [3.05, 3.63) is 70.8 Å². The van der Waals surface area contributed by atoms with E-state index in [4.69, 9.17) is 21.3 Å². The van der Waals surface area contributed by atoms with E-state index < -0.39 is 0 Å². The van der Waals surface area contributed by atoms with Crippen molar-refractivity contribution in [3.8, 4) is 17.0 Å². The molecule has 154 valence electrons. The Bertz CT molecular complexity index is 1170. The maximum atomic E-state index is 12.6. The van der Waals surface area contributed by atoms with E-state index in [1.807, 2.05) is 53.9 Å². The predicted octanol–water partition coefficient (Wildman–Crippen LogP) is 4.80. The Hall–Kier alpha value is -2.87. The zero-order valence-corrected chi connectivity index (χ0v) is 18.2. The van der Waals surface area contributed by atoms with Gasteiger partial charge in [0.2, 0.25) is 5.91 Å². The third-order valence-electron chi connectivity index (χ3n) is 4.68. The van der Waals surface area contributed by atoms with Gasteiger partial charge in [0.05, 0.1) is 30.7 Å². The minimum absolute atomic E-state index is 0.148. The van der Waals surface area contributed by atoms with E-state index in [9.17, 15) is 4.79 Å². The first-order valence-electron chi connectivity index (χ1n) is 9.37. The van der Waals surface area contributed by atoms with Crippen molar-refractivity contribution >= 4 is 39.5 Å². The lowest BCUT2D eigenvalue weighted by Crippen LogP contribution is -2.30. The second-order valence-electron chi connectivity index (χ2n) is 6.89. The fraction of sp³-hybridized carbons (Fsp3) is 0.182. The molecule has 1 amide bonds. The van der Waals surface area contributed by atoms with Crippen molar-refractivity contribution in [1.29, 1.82) is 0 Å². The quantitative estimate of drug-likeness (QED) is 0.448. The van der Waals surface area contributed by atoms with Crippen LogP contribution in [0.25, 0.3) is 16.2 Å². The number of fused-ring (bicyclic) bond motifs is 1. The van der Waals surface area contributed by atoms with Crippen LogP contribution in [0.3, 0.4) is 0 Å². The molecule has 1 N–H and O–H groups in total. The predicted molar refractivity (Wildman–Crippen MR) is 121 cm³/mol. The topological polar surface area (TPSA) is 58.9 Å². The summed E-state index contributed by atoms with van der Waals surface area (Å²) in [6, 6.07) is 15.2. The molecule has 0 aliphatic heterocycles. The normalized spacial score (nSPS) is 11.2. The molecule has 0 radical (unpaired) electrons. The number of likely N-dealkylation sites (N-methyl/N-ethyl adjacent to an activating group) is 1. The largest absolute Gasteiger partial charge is 0.495 e. The molecule has 0 aliphatic carbocycles. The summed E-state index contributed by atoms with van der Waals surface area (Å²) < 4.78 is 7.38. The number of amides is 1. The number of aromatic nitrogens is 2. The van der Waals surface area contributed by atoms with Crippen LogP contribution in [0.5, 0.6) is 5.75 Å². The number of anilines is 1. The van der Waals surface area contributed by atoms with Crippen LogP contribution in [0.1, 0.15) is 5.69 Å². The Kier molecular flexibility index (Phi) is 6.03. The van der Waals surface area contributed by atoms with Gasteiger partial charge in [-0.15, -0.1) is 11.3 Å². The lowest BCUT2D eigenvalue weighted by atomic mass is 10.1. The van der Waals surface area contributed by atoms with Gasteiger partial charge in [-0.1, -0.05) is 41.9 Å². The summed E-state index contributed by atoms with van der Waals surface area (Å²) in [7, 11) is 3.47. The lowest BCUT2D eigenvalue weighted by molar-refractivity contribution is -0.117. The maximum Gasteiger partial charge on any atom is 0.238 e. The van der Waals surface area contributed by atoms with Gasteiger partial charge in [-0.3, -0.25) is 14.1 Å². The van der Waals surface area contributed by atoms with Crippen molar-refractivity contribution in [2.45, 2.75) is 6.54 Å². The van der Waals surface area contributed by atoms with E-state index in [-0.39, 0.29) is 12.5 Å². The summed E-state index contributed by atoms with van der Waals surface area (Å²) in [5, 5.41) is 5.43. The molecule has 6 nitrogen and oxygen atoms in total. The van der Waals surface area contributed by atoms with Crippen LogP contribution >= 0.6 is 22.9 Å². The van der Waals surface area contributed by atoms with E-state index in [0.717, 1.165) is 21.9 Å². The smallest absolute Gasteiger partial charge is 0.238 e. The number of benzene rings is 2. The molecule has 0 aliphatic rings. The Balaban J connectivity index is 1.51. The molecule has 8 heteroatoms. The number of thiazole rings is 1. The van der Waals surface area contributed by atoms with E-state index >= 15 is 0 Å². The number of hydrogen-bond acceptors (Lipinski definition) is 5. The van der Waals surface area contributed by atoms with Crippen LogP contribution in [0.2, 0.25) is 5.02 Å². The molecule has 30 heavy (non-hydrogen) atoms. The molecule has 2 aromatic carbocycles. The van der Waals surface area contributed by atoms with Gasteiger partial charge in [-0.05, 0) is 25.2 Å². The number of nitrogens with one attached hydrogen (secondary N) is 1. The summed E-state index contributed by atoms with van der Waals surface area (Å²) in [6.45, 7) is 0.781. The molecule has 2 aromatic heterocycles. The van der Waals surface area contributed by atoms with Gasteiger partial charge in [0.15, 0.2) is 4.96 Å². The molecule has 4 rings (SSSR count). The van der Waals surface area contributed by atoms with Gasteiger partial charge in [0, 0.05) is 28.7 Å². The van der Waals surface area contributed by atoms with E-state index in [1.54, 1.807) is 36.6 Å². The summed E-state index contributed by atoms with van der Waals surface area (Å²) in [5.41, 5.74) is 3.60. The monoisotopic (exact) mass is 440 g/mol. The van der Waals surface area contributed by atoms with Crippen LogP contribution < -0.4 is 10.1 Å². The minimum atomic E-state index is -0.148. The summed E-state index contributed by atoms with van der Waals surface area (Å²) in [6.07, 6.45) is 2.01. The molecule has 0 saturated heterocycles. The van der Waals surface area contributed by atoms with Crippen LogP contribution in [0.15, 0.2) is 60.1 Å². The number of hydrogen-bond donors (Lipinski definition) is 1. The molecule has 0 spiro atoms. The number of halogens is 1. The summed E-state index contributed by atoms with van der Waals surface area (Å²) >= 11 is 7.65. The van der Waals surface area contributed by atoms with Crippen molar-refractivity contribution < 1.29 is 9.53 Å².